The molecule has 1 aliphatic heterocycles. The van der Waals surface area contributed by atoms with Crippen LogP contribution in [-0.2, 0) is 9.47 Å². The van der Waals surface area contributed by atoms with E-state index in [1.807, 2.05) is 31.2 Å². The van der Waals surface area contributed by atoms with Crippen LogP contribution in [0, 0.1) is 0 Å². The van der Waals surface area contributed by atoms with Crippen LogP contribution in [0.5, 0.6) is 0 Å². The molecule has 0 bridgehead atoms. The Morgan fingerprint density at radius 2 is 2.29 bits per heavy atom. The van der Waals surface area contributed by atoms with Crippen molar-refractivity contribution in [1.82, 2.24) is 0 Å². The number of azide groups is 1. The molecule has 1 unspecified atom stereocenters. The largest absolute Gasteiger partial charge is 0.465 e. The van der Waals surface area contributed by atoms with Crippen molar-refractivity contribution in [3.05, 3.63) is 46.3 Å². The van der Waals surface area contributed by atoms with Gasteiger partial charge in [0.25, 0.3) is 0 Å². The van der Waals surface area contributed by atoms with Gasteiger partial charge in [-0.1, -0.05) is 36.3 Å². The molecule has 0 N–H and O–H groups in total. The van der Waals surface area contributed by atoms with Gasteiger partial charge in [0.1, 0.15) is 5.76 Å². The summed E-state index contributed by atoms with van der Waals surface area (Å²) in [5, 5.41) is 3.65. The smallest absolute Gasteiger partial charge is 0.199 e. The summed E-state index contributed by atoms with van der Waals surface area (Å²) in [5.74, 6) is 0.714. The summed E-state index contributed by atoms with van der Waals surface area (Å²) in [5.41, 5.74) is 9.88. The second-order valence-electron chi connectivity index (χ2n) is 3.56. The molecule has 0 spiro atoms. The molecule has 0 aromatic heterocycles. The number of hydrogen-bond acceptors (Lipinski definition) is 3. The molecule has 1 atom stereocenters. The fourth-order valence-corrected chi connectivity index (χ4v) is 1.65. The van der Waals surface area contributed by atoms with Crippen LogP contribution in [-0.4, -0.2) is 12.9 Å². The van der Waals surface area contributed by atoms with E-state index < -0.39 is 0 Å². The normalized spacial score (nSPS) is 18.9. The minimum Gasteiger partial charge on any atom is -0.465 e. The summed E-state index contributed by atoms with van der Waals surface area (Å²) < 4.78 is 11.0. The van der Waals surface area contributed by atoms with Crippen LogP contribution in [0.4, 0.5) is 5.69 Å². The van der Waals surface area contributed by atoms with Gasteiger partial charge in [0.05, 0.1) is 6.61 Å². The van der Waals surface area contributed by atoms with E-state index in [-0.39, 0.29) is 6.29 Å². The predicted octanol–water partition coefficient (Wildman–Crippen LogP) is 3.75. The molecule has 0 saturated heterocycles. The van der Waals surface area contributed by atoms with E-state index in [4.69, 9.17) is 15.0 Å². The van der Waals surface area contributed by atoms with Crippen LogP contribution in [0.3, 0.4) is 0 Å². The van der Waals surface area contributed by atoms with Gasteiger partial charge in [-0.15, -0.1) is 0 Å². The molecule has 1 aliphatic rings. The van der Waals surface area contributed by atoms with Crippen molar-refractivity contribution in [3.8, 4) is 0 Å². The van der Waals surface area contributed by atoms with Crippen molar-refractivity contribution >= 4 is 11.4 Å². The minimum atomic E-state index is -0.228. The molecular formula is C12H13N3O2. The highest BCUT2D eigenvalue weighted by Gasteiger charge is 2.17. The highest BCUT2D eigenvalue weighted by atomic mass is 16.7. The molecule has 5 nitrogen and oxygen atoms in total. The van der Waals surface area contributed by atoms with E-state index in [0.29, 0.717) is 18.1 Å². The van der Waals surface area contributed by atoms with E-state index in [9.17, 15) is 0 Å². The summed E-state index contributed by atoms with van der Waals surface area (Å²) in [6, 6.07) is 7.33. The zero-order chi connectivity index (χ0) is 12.1. The van der Waals surface area contributed by atoms with Crippen LogP contribution in [0.2, 0.25) is 0 Å². The fraction of sp³-hybridized carbons (Fsp3) is 0.333. The van der Waals surface area contributed by atoms with E-state index in [2.05, 4.69) is 10.0 Å². The average Bonchev–Trinajstić information content (AvgIpc) is 2.40. The van der Waals surface area contributed by atoms with E-state index >= 15 is 0 Å². The Morgan fingerprint density at radius 1 is 1.47 bits per heavy atom. The first-order valence-electron chi connectivity index (χ1n) is 5.48. The van der Waals surface area contributed by atoms with Gasteiger partial charge in [0.15, 0.2) is 6.29 Å². The molecular weight excluding hydrogens is 218 g/mol. The second-order valence-corrected chi connectivity index (χ2v) is 3.56. The lowest BCUT2D eigenvalue weighted by Crippen LogP contribution is -2.20. The van der Waals surface area contributed by atoms with Crippen molar-refractivity contribution in [3.63, 3.8) is 0 Å². The predicted molar refractivity (Wildman–Crippen MR) is 64.3 cm³/mol. The lowest BCUT2D eigenvalue weighted by molar-refractivity contribution is -0.0998. The van der Waals surface area contributed by atoms with Gasteiger partial charge >= 0.3 is 0 Å². The first-order chi connectivity index (χ1) is 8.35. The topological polar surface area (TPSA) is 67.2 Å². The standard InChI is InChI=1S/C12H13N3O2/c1-2-12-16-8-7-11(17-12)9-5-3-4-6-10(9)14-15-13/h3-7,12H,2,8H2,1H3. The van der Waals surface area contributed by atoms with Crippen LogP contribution in [0.1, 0.15) is 18.9 Å². The maximum atomic E-state index is 8.51. The molecule has 17 heavy (non-hydrogen) atoms. The van der Waals surface area contributed by atoms with Gasteiger partial charge in [-0.25, -0.2) is 0 Å². The SMILES string of the molecule is CCC1OCC=C(c2ccccc2N=[N+]=[N-])O1. The molecule has 2 rings (SSSR count). The molecule has 5 heteroatoms. The van der Waals surface area contributed by atoms with Crippen molar-refractivity contribution in [1.29, 1.82) is 0 Å². The molecule has 0 radical (unpaired) electrons. The minimum absolute atomic E-state index is 0.228. The highest BCUT2D eigenvalue weighted by Crippen LogP contribution is 2.30. The maximum absolute atomic E-state index is 8.51. The Hall–Kier alpha value is -1.97. The van der Waals surface area contributed by atoms with Gasteiger partial charge in [-0.05, 0) is 11.6 Å². The van der Waals surface area contributed by atoms with Gasteiger partial charge < -0.3 is 9.47 Å². The quantitative estimate of drug-likeness (QED) is 0.451. The number of hydrogen-bond donors (Lipinski definition) is 0. The molecule has 1 aromatic rings. The first-order valence-corrected chi connectivity index (χ1v) is 5.48. The van der Waals surface area contributed by atoms with Crippen molar-refractivity contribution in [2.75, 3.05) is 6.61 Å². The van der Waals surface area contributed by atoms with Gasteiger partial charge in [0, 0.05) is 22.6 Å². The third-order valence-electron chi connectivity index (χ3n) is 2.46. The van der Waals surface area contributed by atoms with Crippen molar-refractivity contribution in [2.24, 2.45) is 5.11 Å². The van der Waals surface area contributed by atoms with Gasteiger partial charge in [0.2, 0.25) is 0 Å². The van der Waals surface area contributed by atoms with E-state index in [1.165, 1.54) is 0 Å². The van der Waals surface area contributed by atoms with Crippen LogP contribution >= 0.6 is 0 Å². The third-order valence-corrected chi connectivity index (χ3v) is 2.46. The van der Waals surface area contributed by atoms with E-state index in [1.54, 1.807) is 6.07 Å². The number of nitrogens with zero attached hydrogens (tertiary/aromatic N) is 3. The molecule has 0 saturated carbocycles. The Morgan fingerprint density at radius 3 is 3.06 bits per heavy atom. The Balaban J connectivity index is 2.33. The van der Waals surface area contributed by atoms with E-state index in [0.717, 1.165) is 12.0 Å². The van der Waals surface area contributed by atoms with Crippen molar-refractivity contribution in [2.45, 2.75) is 19.6 Å². The highest BCUT2D eigenvalue weighted by molar-refractivity contribution is 5.70. The summed E-state index contributed by atoms with van der Waals surface area (Å²) in [7, 11) is 0. The number of rotatable bonds is 3. The zero-order valence-corrected chi connectivity index (χ0v) is 9.54. The lowest BCUT2D eigenvalue weighted by atomic mass is 10.1. The van der Waals surface area contributed by atoms with Crippen LogP contribution in [0.25, 0.3) is 16.2 Å². The molecule has 0 aliphatic carbocycles. The molecule has 1 aromatic carbocycles. The monoisotopic (exact) mass is 231 g/mol. The summed E-state index contributed by atoms with van der Waals surface area (Å²) >= 11 is 0. The van der Waals surface area contributed by atoms with Gasteiger partial charge in [-0.3, -0.25) is 0 Å². The molecule has 1 heterocycles. The van der Waals surface area contributed by atoms with Gasteiger partial charge in [-0.2, -0.15) is 0 Å². The summed E-state index contributed by atoms with van der Waals surface area (Å²) in [4.78, 5) is 2.81. The molecule has 88 valence electrons. The van der Waals surface area contributed by atoms with Crippen LogP contribution < -0.4 is 0 Å². The molecule has 0 amide bonds. The summed E-state index contributed by atoms with van der Waals surface area (Å²) in [6.07, 6.45) is 2.40. The third kappa shape index (κ3) is 2.58. The Bertz CT molecular complexity index is 478. The Kier molecular flexibility index (Phi) is 3.65. The maximum Gasteiger partial charge on any atom is 0.199 e. The number of benzene rings is 1. The lowest BCUT2D eigenvalue weighted by Gasteiger charge is -2.24. The fourth-order valence-electron chi connectivity index (χ4n) is 1.65. The summed E-state index contributed by atoms with van der Waals surface area (Å²) in [6.45, 7) is 2.51. The number of ether oxygens (including phenoxy) is 2. The first kappa shape index (κ1) is 11.5. The average molecular weight is 231 g/mol. The van der Waals surface area contributed by atoms with Crippen LogP contribution in [0.15, 0.2) is 35.5 Å². The zero-order valence-electron chi connectivity index (χ0n) is 9.54. The Labute approximate surface area is 99.3 Å². The molecule has 0 fully saturated rings. The van der Waals surface area contributed by atoms with Crippen molar-refractivity contribution < 1.29 is 9.47 Å². The second kappa shape index (κ2) is 5.39.